The van der Waals surface area contributed by atoms with Gasteiger partial charge in [0.2, 0.25) is 12.7 Å². The Bertz CT molecular complexity index is 1180. The van der Waals surface area contributed by atoms with Crippen molar-refractivity contribution in [3.05, 3.63) is 72.3 Å². The minimum atomic E-state index is -0.491. The van der Waals surface area contributed by atoms with Gasteiger partial charge in [0.1, 0.15) is 0 Å². The van der Waals surface area contributed by atoms with Crippen molar-refractivity contribution in [3.8, 4) is 22.6 Å². The molecule has 8 nitrogen and oxygen atoms in total. The standard InChI is InChI=1S/C27H29N3O3S.2H2O/c1-30(2)15-14-28-34-23-9-6-19(7-10-23)20-4-3-5-22(16-20)29-26(31)27(12-13-27)21-8-11-24-25(17-21)33-18-32-24;;/h3-11,16-17,28H,12-15,18H2,1-2H3,(H,29,31);2*1H2. The molecule has 0 bridgehead atoms. The number of benzene rings is 3. The Morgan fingerprint density at radius 3 is 2.42 bits per heavy atom. The van der Waals surface area contributed by atoms with Crippen LogP contribution in [0.1, 0.15) is 18.4 Å². The van der Waals surface area contributed by atoms with Crippen molar-refractivity contribution in [3.63, 3.8) is 0 Å². The van der Waals surface area contributed by atoms with Gasteiger partial charge in [0, 0.05) is 23.7 Å². The fraction of sp³-hybridized carbons (Fsp3) is 0.296. The fourth-order valence-electron chi connectivity index (χ4n) is 4.11. The summed E-state index contributed by atoms with van der Waals surface area (Å²) in [5, 5.41) is 3.15. The molecular weight excluding hydrogens is 478 g/mol. The summed E-state index contributed by atoms with van der Waals surface area (Å²) in [5.41, 5.74) is 3.49. The summed E-state index contributed by atoms with van der Waals surface area (Å²) in [7, 11) is 4.14. The molecule has 0 spiro atoms. The first kappa shape index (κ1) is 27.5. The van der Waals surface area contributed by atoms with Gasteiger partial charge in [-0.2, -0.15) is 0 Å². The zero-order valence-electron chi connectivity index (χ0n) is 20.5. The maximum absolute atomic E-state index is 13.3. The summed E-state index contributed by atoms with van der Waals surface area (Å²) in [6.45, 7) is 2.16. The van der Waals surface area contributed by atoms with E-state index in [1.165, 1.54) is 4.90 Å². The molecule has 1 saturated carbocycles. The first-order chi connectivity index (χ1) is 16.5. The Balaban J connectivity index is 0.00000180. The predicted octanol–water partition coefficient (Wildman–Crippen LogP) is 3.26. The summed E-state index contributed by atoms with van der Waals surface area (Å²) >= 11 is 1.64. The Hall–Kier alpha value is -3.08. The zero-order valence-corrected chi connectivity index (χ0v) is 21.3. The van der Waals surface area contributed by atoms with Crippen molar-refractivity contribution in [1.29, 1.82) is 0 Å². The topological polar surface area (TPSA) is 126 Å². The van der Waals surface area contributed by atoms with Crippen molar-refractivity contribution in [1.82, 2.24) is 9.62 Å². The van der Waals surface area contributed by atoms with Crippen LogP contribution >= 0.6 is 11.9 Å². The Labute approximate surface area is 215 Å². The maximum atomic E-state index is 13.3. The maximum Gasteiger partial charge on any atom is 0.235 e. The quantitative estimate of drug-likeness (QED) is 0.335. The molecule has 0 atom stereocenters. The second-order valence-electron chi connectivity index (χ2n) is 9.01. The molecular formula is C27H33N3O5S. The van der Waals surface area contributed by atoms with Gasteiger partial charge in [0.25, 0.3) is 0 Å². The lowest BCUT2D eigenvalue weighted by Crippen LogP contribution is -2.27. The predicted molar refractivity (Wildman–Crippen MR) is 144 cm³/mol. The van der Waals surface area contributed by atoms with Crippen LogP contribution in [0.5, 0.6) is 11.5 Å². The van der Waals surface area contributed by atoms with E-state index in [0.29, 0.717) is 5.75 Å². The molecule has 9 heteroatoms. The highest BCUT2D eigenvalue weighted by atomic mass is 32.2. The molecule has 0 unspecified atom stereocenters. The largest absolute Gasteiger partial charge is 0.454 e. The van der Waals surface area contributed by atoms with Crippen molar-refractivity contribution < 1.29 is 25.2 Å². The lowest BCUT2D eigenvalue weighted by molar-refractivity contribution is -0.118. The van der Waals surface area contributed by atoms with E-state index in [0.717, 1.165) is 54.1 Å². The minimum absolute atomic E-state index is 0. The normalized spacial score (nSPS) is 14.5. The van der Waals surface area contributed by atoms with E-state index in [4.69, 9.17) is 9.47 Å². The van der Waals surface area contributed by atoms with Crippen LogP contribution in [0.15, 0.2) is 71.6 Å². The molecule has 5 rings (SSSR count). The Kier molecular flexibility index (Phi) is 8.99. The number of nitrogens with one attached hydrogen (secondary N) is 2. The molecule has 1 aliphatic heterocycles. The number of anilines is 1. The molecule has 0 radical (unpaired) electrons. The Morgan fingerprint density at radius 2 is 1.69 bits per heavy atom. The molecule has 192 valence electrons. The number of carbonyl (C=O) groups is 1. The van der Waals surface area contributed by atoms with Gasteiger partial charge in [0.05, 0.1) is 5.41 Å². The smallest absolute Gasteiger partial charge is 0.235 e. The zero-order chi connectivity index (χ0) is 23.5. The van der Waals surface area contributed by atoms with Gasteiger partial charge < -0.3 is 30.6 Å². The molecule has 1 aliphatic carbocycles. The van der Waals surface area contributed by atoms with Crippen molar-refractivity contribution >= 4 is 23.5 Å². The SMILES string of the molecule is CN(C)CCNSc1ccc(-c2cccc(NC(=O)C3(c4ccc5c(c4)OCO5)CC3)c2)cc1.O.O. The molecule has 0 aromatic heterocycles. The number of hydrogen-bond donors (Lipinski definition) is 2. The minimum Gasteiger partial charge on any atom is -0.454 e. The van der Waals surface area contributed by atoms with Crippen LogP contribution in [0, 0.1) is 0 Å². The van der Waals surface area contributed by atoms with Crippen molar-refractivity contribution in [2.45, 2.75) is 23.2 Å². The van der Waals surface area contributed by atoms with E-state index >= 15 is 0 Å². The highest BCUT2D eigenvalue weighted by Crippen LogP contribution is 2.51. The van der Waals surface area contributed by atoms with E-state index in [9.17, 15) is 4.79 Å². The van der Waals surface area contributed by atoms with Crippen LogP contribution in [0.2, 0.25) is 0 Å². The number of rotatable bonds is 9. The third-order valence-corrected chi connectivity index (χ3v) is 7.13. The van der Waals surface area contributed by atoms with Crippen LogP contribution in [0.3, 0.4) is 0 Å². The van der Waals surface area contributed by atoms with Crippen molar-refractivity contribution in [2.24, 2.45) is 0 Å². The first-order valence-electron chi connectivity index (χ1n) is 11.5. The van der Waals surface area contributed by atoms with Crippen molar-refractivity contribution in [2.75, 3.05) is 39.3 Å². The van der Waals surface area contributed by atoms with Gasteiger partial charge in [-0.25, -0.2) is 0 Å². The second kappa shape index (κ2) is 11.8. The number of fused-ring (bicyclic) bond motifs is 1. The van der Waals surface area contributed by atoms with Gasteiger partial charge >= 0.3 is 0 Å². The molecule has 1 amide bonds. The molecule has 36 heavy (non-hydrogen) atoms. The van der Waals surface area contributed by atoms with E-state index < -0.39 is 5.41 Å². The molecule has 6 N–H and O–H groups in total. The molecule has 3 aromatic rings. The average Bonchev–Trinajstić information content (AvgIpc) is 3.53. The van der Waals surface area contributed by atoms with E-state index in [-0.39, 0.29) is 23.7 Å². The van der Waals surface area contributed by atoms with E-state index in [1.54, 1.807) is 11.9 Å². The second-order valence-corrected chi connectivity index (χ2v) is 9.97. The number of likely N-dealkylation sites (N-methyl/N-ethyl adjacent to an activating group) is 1. The highest BCUT2D eigenvalue weighted by Gasteiger charge is 2.51. The van der Waals surface area contributed by atoms with Gasteiger partial charge in [-0.3, -0.25) is 9.52 Å². The lowest BCUT2D eigenvalue weighted by atomic mass is 9.94. The number of ether oxygens (including phenoxy) is 2. The van der Waals surface area contributed by atoms with Gasteiger partial charge in [0.15, 0.2) is 11.5 Å². The number of amides is 1. The molecule has 1 fully saturated rings. The van der Waals surface area contributed by atoms with Crippen LogP contribution < -0.4 is 19.5 Å². The highest BCUT2D eigenvalue weighted by molar-refractivity contribution is 7.97. The van der Waals surface area contributed by atoms with Crippen LogP contribution in [-0.2, 0) is 10.2 Å². The molecule has 3 aromatic carbocycles. The molecule has 1 heterocycles. The third kappa shape index (κ3) is 6.00. The summed E-state index contributed by atoms with van der Waals surface area (Å²) in [5.74, 6) is 1.48. The monoisotopic (exact) mass is 511 g/mol. The fourth-order valence-corrected chi connectivity index (χ4v) is 4.74. The van der Waals surface area contributed by atoms with E-state index in [1.807, 2.05) is 36.4 Å². The number of nitrogens with zero attached hydrogens (tertiary/aromatic N) is 1. The summed E-state index contributed by atoms with van der Waals surface area (Å²) in [6.07, 6.45) is 1.67. The lowest BCUT2D eigenvalue weighted by Gasteiger charge is -2.17. The van der Waals surface area contributed by atoms with Gasteiger partial charge in [-0.15, -0.1) is 0 Å². The average molecular weight is 512 g/mol. The molecule has 2 aliphatic rings. The van der Waals surface area contributed by atoms with Crippen LogP contribution in [0.25, 0.3) is 11.1 Å². The van der Waals surface area contributed by atoms with Crippen LogP contribution in [0.4, 0.5) is 5.69 Å². The molecule has 0 saturated heterocycles. The summed E-state index contributed by atoms with van der Waals surface area (Å²) < 4.78 is 14.3. The first-order valence-corrected chi connectivity index (χ1v) is 12.3. The van der Waals surface area contributed by atoms with Crippen LogP contribution in [-0.4, -0.2) is 55.7 Å². The third-order valence-electron chi connectivity index (χ3n) is 6.27. The van der Waals surface area contributed by atoms with E-state index in [2.05, 4.69) is 59.4 Å². The number of hydrogen-bond acceptors (Lipinski definition) is 6. The number of carbonyl (C=O) groups excluding carboxylic acids is 1. The van der Waals surface area contributed by atoms with Gasteiger partial charge in [-0.1, -0.05) is 30.3 Å². The van der Waals surface area contributed by atoms with Gasteiger partial charge in [-0.05, 0) is 92.0 Å². The Morgan fingerprint density at radius 1 is 0.944 bits per heavy atom. The summed E-state index contributed by atoms with van der Waals surface area (Å²) in [6, 6.07) is 22.3. The summed E-state index contributed by atoms with van der Waals surface area (Å²) in [4.78, 5) is 16.6.